The van der Waals surface area contributed by atoms with Crippen LogP contribution in [0.4, 0.5) is 0 Å². The maximum atomic E-state index is 14.5. The molecule has 1 heterocycles. The third-order valence-electron chi connectivity index (χ3n) is 13.2. The Morgan fingerprint density at radius 3 is 2.04 bits per heavy atom. The molecule has 0 saturated carbocycles. The van der Waals surface area contributed by atoms with Crippen molar-refractivity contribution in [3.8, 4) is 0 Å². The highest BCUT2D eigenvalue weighted by atomic mass is 16.5. The van der Waals surface area contributed by atoms with Gasteiger partial charge in [-0.1, -0.05) is 97.4 Å². The first kappa shape index (κ1) is 56.4. The number of likely N-dealkylation sites (N-methyl/N-ethyl adjacent to an activating group) is 2. The second kappa shape index (κ2) is 27.8. The summed E-state index contributed by atoms with van der Waals surface area (Å²) in [5, 5.41) is 24.6. The Labute approximate surface area is 398 Å². The minimum Gasteiger partial charge on any atom is -0.481 e. The number of carboxylic acid groups (broad SMARTS) is 2. The number of carbonyl (C=O) groups is 6. The average molecular weight is 938 g/mol. The largest absolute Gasteiger partial charge is 0.481 e. The van der Waals surface area contributed by atoms with Crippen molar-refractivity contribution in [2.45, 2.75) is 142 Å². The number of carboxylic acids is 2. The second-order valence-electron chi connectivity index (χ2n) is 18.9. The summed E-state index contributed by atoms with van der Waals surface area (Å²) in [6, 6.07) is 13.4. The molecule has 0 radical (unpaired) electrons. The molecule has 0 spiro atoms. The van der Waals surface area contributed by atoms with E-state index in [9.17, 15) is 33.9 Å². The summed E-state index contributed by atoms with van der Waals surface area (Å²) in [4.78, 5) is 84.6. The molecule has 0 bridgehead atoms. The number of carbonyl (C=O) groups excluding carboxylic acids is 4. The summed E-state index contributed by atoms with van der Waals surface area (Å²) in [5.74, 6) is -4.07. The van der Waals surface area contributed by atoms with E-state index in [4.69, 9.17) is 19.3 Å². The lowest BCUT2D eigenvalue weighted by Gasteiger charge is -2.41. The van der Waals surface area contributed by atoms with Gasteiger partial charge in [0.2, 0.25) is 23.6 Å². The van der Waals surface area contributed by atoms with Gasteiger partial charge < -0.3 is 44.9 Å². The minimum absolute atomic E-state index is 0.0120. The van der Waals surface area contributed by atoms with Crippen molar-refractivity contribution in [2.75, 3.05) is 48.0 Å². The fourth-order valence-corrected chi connectivity index (χ4v) is 9.35. The standard InChI is InChI=1S/C51H79N5O11/c1-12-34(6)46(55(9)50(62)44(32(2)3)53-49(61)45(33(4)5)54(8)26-17-21-43(58)59)41(65-10)29-42(57)56-27-16-20-40(56)47(66-11)35(7)48(60)52-39(28-36-18-14-13-15-19-36)31-67-30-37-22-24-38(25-23-37)51(63)64/h13-15,18-19,22-25,32-35,39-41,44-47H,12,16-17,20-21,26-31H2,1-11H3,(H,52,60)(H,53,61)(H,58,59)(H,63,64)/t34-,35+,39-,40-,41+,44-,45-,46?,47+/m0/s1. The number of rotatable bonds is 29. The number of hydrogen-bond acceptors (Lipinski definition) is 10. The van der Waals surface area contributed by atoms with Crippen molar-refractivity contribution in [3.63, 3.8) is 0 Å². The molecule has 1 fully saturated rings. The van der Waals surface area contributed by atoms with Crippen LogP contribution >= 0.6 is 0 Å². The number of aliphatic carboxylic acids is 1. The van der Waals surface area contributed by atoms with Gasteiger partial charge in [0.05, 0.1) is 67.5 Å². The topological polar surface area (TPSA) is 204 Å². The third kappa shape index (κ3) is 16.7. The molecule has 9 atom stereocenters. The maximum Gasteiger partial charge on any atom is 0.335 e. The Kier molecular flexibility index (Phi) is 23.4. The van der Waals surface area contributed by atoms with Crippen LogP contribution < -0.4 is 10.6 Å². The van der Waals surface area contributed by atoms with E-state index in [0.29, 0.717) is 38.8 Å². The van der Waals surface area contributed by atoms with Gasteiger partial charge in [-0.2, -0.15) is 0 Å². The van der Waals surface area contributed by atoms with E-state index in [1.807, 2.05) is 76.8 Å². The monoisotopic (exact) mass is 938 g/mol. The molecule has 0 aromatic heterocycles. The van der Waals surface area contributed by atoms with Crippen LogP contribution in [0.1, 0.15) is 108 Å². The van der Waals surface area contributed by atoms with Gasteiger partial charge in [0, 0.05) is 34.2 Å². The number of nitrogens with one attached hydrogen (secondary N) is 2. The summed E-state index contributed by atoms with van der Waals surface area (Å²) < 4.78 is 18.2. The molecule has 67 heavy (non-hydrogen) atoms. The van der Waals surface area contributed by atoms with Crippen molar-refractivity contribution in [1.29, 1.82) is 0 Å². The zero-order chi connectivity index (χ0) is 50.0. The van der Waals surface area contributed by atoms with Crippen molar-refractivity contribution >= 4 is 35.6 Å². The smallest absolute Gasteiger partial charge is 0.335 e. The first-order chi connectivity index (χ1) is 31.7. The Balaban J connectivity index is 1.77. The van der Waals surface area contributed by atoms with Gasteiger partial charge in [-0.25, -0.2) is 4.79 Å². The molecule has 3 rings (SSSR count). The quantitative estimate of drug-likeness (QED) is 0.0798. The average Bonchev–Trinajstić information content (AvgIpc) is 3.77. The van der Waals surface area contributed by atoms with Crippen LogP contribution in [0.15, 0.2) is 54.6 Å². The number of aromatic carboxylic acids is 1. The zero-order valence-electron chi connectivity index (χ0n) is 41.7. The number of likely N-dealkylation sites (tertiary alicyclic amines) is 1. The van der Waals surface area contributed by atoms with Gasteiger partial charge in [0.25, 0.3) is 0 Å². The fraction of sp³-hybridized carbons (Fsp3) is 0.647. The second-order valence-corrected chi connectivity index (χ2v) is 18.9. The predicted molar refractivity (Wildman–Crippen MR) is 256 cm³/mol. The molecule has 1 unspecified atom stereocenters. The molecule has 0 aliphatic carbocycles. The summed E-state index contributed by atoms with van der Waals surface area (Å²) in [6.07, 6.45) is 1.56. The molecule has 1 aliphatic heterocycles. The molecule has 1 saturated heterocycles. The van der Waals surface area contributed by atoms with Crippen molar-refractivity contribution in [2.24, 2.45) is 23.7 Å². The maximum absolute atomic E-state index is 14.5. The van der Waals surface area contributed by atoms with Crippen molar-refractivity contribution in [3.05, 3.63) is 71.3 Å². The van der Waals surface area contributed by atoms with Crippen molar-refractivity contribution < 1.29 is 53.2 Å². The lowest BCUT2D eigenvalue weighted by atomic mass is 9.89. The predicted octanol–water partition coefficient (Wildman–Crippen LogP) is 5.51. The van der Waals surface area contributed by atoms with Gasteiger partial charge in [-0.15, -0.1) is 0 Å². The number of nitrogens with zero attached hydrogens (tertiary/aromatic N) is 3. The van der Waals surface area contributed by atoms with Crippen molar-refractivity contribution in [1.82, 2.24) is 25.3 Å². The van der Waals surface area contributed by atoms with Crippen LogP contribution in [-0.2, 0) is 51.2 Å². The van der Waals surface area contributed by atoms with Crippen LogP contribution in [0.25, 0.3) is 0 Å². The molecule has 1 aliphatic rings. The molecule has 2 aromatic rings. The molecule has 4 N–H and O–H groups in total. The van der Waals surface area contributed by atoms with Gasteiger partial charge in [0.1, 0.15) is 6.04 Å². The number of methoxy groups -OCH3 is 2. The van der Waals surface area contributed by atoms with Crippen LogP contribution in [0.3, 0.4) is 0 Å². The fourth-order valence-electron chi connectivity index (χ4n) is 9.35. The first-order valence-electron chi connectivity index (χ1n) is 23.8. The number of hydrogen-bond donors (Lipinski definition) is 4. The Hall–Kier alpha value is -4.90. The highest BCUT2D eigenvalue weighted by molar-refractivity contribution is 5.90. The normalized spacial score (nSPS) is 17.6. The molecule has 16 nitrogen and oxygen atoms in total. The SMILES string of the molecule is CC[C@H](C)C([C@@H](CC(=O)N1CCC[C@H]1[C@H](OC)[C@@H](C)C(=O)N[C@H](COCc1ccc(C(=O)O)cc1)Cc1ccccc1)OC)N(C)C(=O)[C@@H](NC(=O)[C@H](C(C)C)N(C)CCCC(=O)O)C(C)C. The molecular formula is C51H79N5O11. The Bertz CT molecular complexity index is 1880. The summed E-state index contributed by atoms with van der Waals surface area (Å²) in [5.41, 5.74) is 2.00. The van der Waals surface area contributed by atoms with Crippen LogP contribution in [0.5, 0.6) is 0 Å². The number of benzene rings is 2. The third-order valence-corrected chi connectivity index (χ3v) is 13.2. The van der Waals surface area contributed by atoms with E-state index in [1.54, 1.807) is 50.1 Å². The van der Waals surface area contributed by atoms with E-state index in [1.165, 1.54) is 19.2 Å². The van der Waals surface area contributed by atoms with E-state index in [2.05, 4.69) is 10.6 Å². The van der Waals surface area contributed by atoms with E-state index in [-0.39, 0.29) is 73.0 Å². The lowest BCUT2D eigenvalue weighted by molar-refractivity contribution is -0.148. The summed E-state index contributed by atoms with van der Waals surface area (Å²) in [7, 11) is 6.58. The van der Waals surface area contributed by atoms with Gasteiger partial charge in [0.15, 0.2) is 0 Å². The molecule has 2 aromatic carbocycles. The highest BCUT2D eigenvalue weighted by Crippen LogP contribution is 2.30. The molecule has 374 valence electrons. The molecule has 16 heteroatoms. The Morgan fingerprint density at radius 1 is 0.836 bits per heavy atom. The van der Waals surface area contributed by atoms with Crippen LogP contribution in [0, 0.1) is 23.7 Å². The Morgan fingerprint density at radius 2 is 1.49 bits per heavy atom. The van der Waals surface area contributed by atoms with E-state index in [0.717, 1.165) is 17.5 Å². The van der Waals surface area contributed by atoms with E-state index < -0.39 is 60.3 Å². The van der Waals surface area contributed by atoms with Crippen LogP contribution in [-0.4, -0.2) is 151 Å². The molecule has 4 amide bonds. The van der Waals surface area contributed by atoms with Gasteiger partial charge in [-0.05, 0) is 80.3 Å². The van der Waals surface area contributed by atoms with Gasteiger partial charge in [-0.3, -0.25) is 28.9 Å². The highest BCUT2D eigenvalue weighted by Gasteiger charge is 2.43. The number of ether oxygens (including phenoxy) is 3. The lowest BCUT2D eigenvalue weighted by Crippen LogP contribution is -2.60. The zero-order valence-corrected chi connectivity index (χ0v) is 41.7. The van der Waals surface area contributed by atoms with E-state index >= 15 is 0 Å². The summed E-state index contributed by atoms with van der Waals surface area (Å²) in [6.45, 7) is 14.7. The summed E-state index contributed by atoms with van der Waals surface area (Å²) >= 11 is 0. The minimum atomic E-state index is -1.01. The number of amides is 4. The molecular weight excluding hydrogens is 859 g/mol. The first-order valence-corrected chi connectivity index (χ1v) is 23.8. The van der Waals surface area contributed by atoms with Crippen LogP contribution in [0.2, 0.25) is 0 Å². The van der Waals surface area contributed by atoms with Gasteiger partial charge >= 0.3 is 11.9 Å².